The fourth-order valence-corrected chi connectivity index (χ4v) is 2.73. The van der Waals surface area contributed by atoms with Crippen molar-refractivity contribution in [3.63, 3.8) is 0 Å². The van der Waals surface area contributed by atoms with Crippen molar-refractivity contribution in [3.8, 4) is 0 Å². The maximum atomic E-state index is 12.7. The van der Waals surface area contributed by atoms with Gasteiger partial charge >= 0.3 is 0 Å². The summed E-state index contributed by atoms with van der Waals surface area (Å²) in [6.45, 7) is 8.04. The molecule has 0 saturated carbocycles. The molecule has 0 fully saturated rings. The highest BCUT2D eigenvalue weighted by Gasteiger charge is 2.28. The van der Waals surface area contributed by atoms with Gasteiger partial charge in [-0.25, -0.2) is 5.48 Å². The molecule has 2 aromatic rings. The van der Waals surface area contributed by atoms with E-state index in [1.807, 2.05) is 45.9 Å². The van der Waals surface area contributed by atoms with Crippen LogP contribution in [0.15, 0.2) is 48.5 Å². The summed E-state index contributed by atoms with van der Waals surface area (Å²) in [7, 11) is 0. The van der Waals surface area contributed by atoms with Crippen molar-refractivity contribution in [3.05, 3.63) is 70.8 Å². The number of aryl methyl sites for hydroxylation is 1. The van der Waals surface area contributed by atoms with Crippen molar-refractivity contribution in [1.29, 1.82) is 0 Å². The lowest BCUT2D eigenvalue weighted by Crippen LogP contribution is -2.37. The lowest BCUT2D eigenvalue weighted by Gasteiger charge is -2.32. The second kappa shape index (κ2) is 7.49. The molecule has 0 spiro atoms. The van der Waals surface area contributed by atoms with Gasteiger partial charge in [0.2, 0.25) is 0 Å². The van der Waals surface area contributed by atoms with E-state index in [2.05, 4.69) is 5.32 Å². The van der Waals surface area contributed by atoms with Gasteiger partial charge < -0.3 is 5.32 Å². The monoisotopic (exact) mass is 340 g/mol. The molecule has 5 nitrogen and oxygen atoms in total. The number of nitrogens with one attached hydrogen (secondary N) is 2. The molecule has 5 heteroatoms. The average Bonchev–Trinajstić information content (AvgIpc) is 2.58. The summed E-state index contributed by atoms with van der Waals surface area (Å²) in [5.74, 6) is -0.696. The molecule has 2 amide bonds. The Kier molecular flexibility index (Phi) is 5.59. The Bertz CT molecular complexity index is 761. The van der Waals surface area contributed by atoms with Crippen LogP contribution < -0.4 is 10.8 Å². The molecule has 1 atom stereocenters. The first-order valence-corrected chi connectivity index (χ1v) is 8.15. The molecule has 132 valence electrons. The summed E-state index contributed by atoms with van der Waals surface area (Å²) in [5, 5.41) is 11.8. The van der Waals surface area contributed by atoms with Gasteiger partial charge in [0.1, 0.15) is 0 Å². The normalized spacial score (nSPS) is 12.4. The van der Waals surface area contributed by atoms with Gasteiger partial charge in [-0.15, -0.1) is 0 Å². The van der Waals surface area contributed by atoms with Gasteiger partial charge in [0.05, 0.1) is 6.04 Å². The van der Waals surface area contributed by atoms with Crippen molar-refractivity contribution < 1.29 is 14.8 Å². The second-order valence-electron chi connectivity index (χ2n) is 7.15. The van der Waals surface area contributed by atoms with Crippen LogP contribution in [0.1, 0.15) is 58.7 Å². The van der Waals surface area contributed by atoms with Crippen LogP contribution in [-0.2, 0) is 0 Å². The van der Waals surface area contributed by atoms with Crippen LogP contribution in [0, 0.1) is 12.3 Å². The molecule has 1 unspecified atom stereocenters. The Hall–Kier alpha value is -2.66. The van der Waals surface area contributed by atoms with Crippen molar-refractivity contribution in [2.24, 2.45) is 5.41 Å². The van der Waals surface area contributed by atoms with Gasteiger partial charge in [-0.2, -0.15) is 0 Å². The molecule has 2 aromatic carbocycles. The van der Waals surface area contributed by atoms with Gasteiger partial charge in [-0.05, 0) is 41.7 Å². The fourth-order valence-electron chi connectivity index (χ4n) is 2.73. The number of carbonyl (C=O) groups is 2. The summed E-state index contributed by atoms with van der Waals surface area (Å²) in [6, 6.07) is 14.1. The van der Waals surface area contributed by atoms with Crippen LogP contribution in [0.5, 0.6) is 0 Å². The topological polar surface area (TPSA) is 78.4 Å². The zero-order valence-corrected chi connectivity index (χ0v) is 15.0. The zero-order chi connectivity index (χ0) is 18.6. The third-order valence-electron chi connectivity index (χ3n) is 4.14. The van der Waals surface area contributed by atoms with Crippen LogP contribution in [0.2, 0.25) is 0 Å². The minimum absolute atomic E-state index is 0.129. The molecular weight excluding hydrogens is 316 g/mol. The number of benzene rings is 2. The fraction of sp³-hybridized carbons (Fsp3) is 0.300. The Labute approximate surface area is 148 Å². The Morgan fingerprint density at radius 1 is 0.960 bits per heavy atom. The number of amides is 2. The summed E-state index contributed by atoms with van der Waals surface area (Å²) >= 11 is 0. The predicted molar refractivity (Wildman–Crippen MR) is 96.5 cm³/mol. The molecule has 0 aliphatic rings. The third-order valence-corrected chi connectivity index (χ3v) is 4.14. The number of rotatable bonds is 4. The van der Waals surface area contributed by atoms with Gasteiger partial charge in [0.25, 0.3) is 11.8 Å². The van der Waals surface area contributed by atoms with Gasteiger partial charge in [-0.3, -0.25) is 14.8 Å². The summed E-state index contributed by atoms with van der Waals surface area (Å²) in [6.07, 6.45) is 0. The van der Waals surface area contributed by atoms with Crippen LogP contribution >= 0.6 is 0 Å². The van der Waals surface area contributed by atoms with Crippen molar-refractivity contribution in [1.82, 2.24) is 10.8 Å². The highest BCUT2D eigenvalue weighted by molar-refractivity contribution is 5.96. The predicted octanol–water partition coefficient (Wildman–Crippen LogP) is 3.63. The largest absolute Gasteiger partial charge is 0.345 e. The SMILES string of the molecule is Cc1ccccc1C(=O)NC(c1ccc(C(=O)NO)cc1)C(C)(C)C. The van der Waals surface area contributed by atoms with Gasteiger partial charge in [0.15, 0.2) is 0 Å². The van der Waals surface area contributed by atoms with E-state index < -0.39 is 5.91 Å². The average molecular weight is 340 g/mol. The molecule has 0 bridgehead atoms. The zero-order valence-electron chi connectivity index (χ0n) is 15.0. The van der Waals surface area contributed by atoms with E-state index in [1.165, 1.54) is 0 Å². The quantitative estimate of drug-likeness (QED) is 0.587. The Morgan fingerprint density at radius 3 is 2.08 bits per heavy atom. The molecule has 0 aliphatic carbocycles. The number of hydrogen-bond donors (Lipinski definition) is 3. The molecule has 3 N–H and O–H groups in total. The molecule has 0 saturated heterocycles. The molecule has 0 heterocycles. The van der Waals surface area contributed by atoms with Crippen molar-refractivity contribution >= 4 is 11.8 Å². The van der Waals surface area contributed by atoms with Crippen LogP contribution in [-0.4, -0.2) is 17.0 Å². The number of hydrogen-bond acceptors (Lipinski definition) is 3. The molecule has 0 radical (unpaired) electrons. The standard InChI is InChI=1S/C20H24N2O3/c1-13-7-5-6-8-16(13)19(24)21-17(20(2,3)4)14-9-11-15(12-10-14)18(23)22-25/h5-12,17,25H,1-4H3,(H,21,24)(H,22,23). The first kappa shape index (κ1) is 18.7. The maximum absolute atomic E-state index is 12.7. The highest BCUT2D eigenvalue weighted by Crippen LogP contribution is 2.33. The molecule has 0 aromatic heterocycles. The maximum Gasteiger partial charge on any atom is 0.274 e. The van der Waals surface area contributed by atoms with E-state index in [0.717, 1.165) is 11.1 Å². The Balaban J connectivity index is 2.30. The lowest BCUT2D eigenvalue weighted by molar-refractivity contribution is 0.0706. The molecular formula is C20H24N2O3. The van der Waals surface area contributed by atoms with Crippen molar-refractivity contribution in [2.75, 3.05) is 0 Å². The van der Waals surface area contributed by atoms with E-state index in [4.69, 9.17) is 5.21 Å². The van der Waals surface area contributed by atoms with Gasteiger partial charge in [-0.1, -0.05) is 51.1 Å². The Morgan fingerprint density at radius 2 is 1.56 bits per heavy atom. The summed E-state index contributed by atoms with van der Waals surface area (Å²) < 4.78 is 0. The smallest absolute Gasteiger partial charge is 0.274 e. The number of hydroxylamine groups is 1. The van der Waals surface area contributed by atoms with Crippen molar-refractivity contribution in [2.45, 2.75) is 33.7 Å². The van der Waals surface area contributed by atoms with E-state index in [1.54, 1.807) is 35.8 Å². The minimum Gasteiger partial charge on any atom is -0.345 e. The third kappa shape index (κ3) is 4.45. The number of carbonyl (C=O) groups excluding carboxylic acids is 2. The lowest BCUT2D eigenvalue weighted by atomic mass is 9.82. The molecule has 2 rings (SSSR count). The molecule has 0 aliphatic heterocycles. The van der Waals surface area contributed by atoms with E-state index >= 15 is 0 Å². The summed E-state index contributed by atoms with van der Waals surface area (Å²) in [5.41, 5.74) is 4.20. The summed E-state index contributed by atoms with van der Waals surface area (Å²) in [4.78, 5) is 24.2. The highest BCUT2D eigenvalue weighted by atomic mass is 16.5. The van der Waals surface area contributed by atoms with Gasteiger partial charge in [0, 0.05) is 11.1 Å². The first-order chi connectivity index (χ1) is 11.7. The molecule has 25 heavy (non-hydrogen) atoms. The second-order valence-corrected chi connectivity index (χ2v) is 7.15. The van der Waals surface area contributed by atoms with E-state index in [-0.39, 0.29) is 17.4 Å². The van der Waals surface area contributed by atoms with Crippen LogP contribution in [0.3, 0.4) is 0 Å². The van der Waals surface area contributed by atoms with E-state index in [9.17, 15) is 9.59 Å². The first-order valence-electron chi connectivity index (χ1n) is 8.15. The van der Waals surface area contributed by atoms with Crippen LogP contribution in [0.4, 0.5) is 0 Å². The van der Waals surface area contributed by atoms with E-state index in [0.29, 0.717) is 11.1 Å². The minimum atomic E-state index is -0.567. The van der Waals surface area contributed by atoms with Crippen LogP contribution in [0.25, 0.3) is 0 Å².